The number of β-lactam (4-membered cyclic amide) rings is 1. The van der Waals surface area contributed by atoms with Gasteiger partial charge in [0.1, 0.15) is 42.3 Å². The number of nitrogens with zero attached hydrogens (tertiary/aromatic N) is 3. The number of carbonyl (C=O) groups is 6. The maximum Gasteiger partial charge on any atom is 0.490 e. The van der Waals surface area contributed by atoms with Gasteiger partial charge in [-0.3, -0.25) is 19.2 Å². The Morgan fingerprint density at radius 3 is 2.11 bits per heavy atom. The maximum absolute atomic E-state index is 13.0. The van der Waals surface area contributed by atoms with Crippen LogP contribution in [0.1, 0.15) is 16.1 Å². The molecule has 21 nitrogen and oxygen atoms in total. The average Bonchev–Trinajstić information content (AvgIpc) is 3.53. The predicted molar refractivity (Wildman–Crippen MR) is 182 cm³/mol. The number of halogens is 6. The smallest absolute Gasteiger partial charge is 0.490 e. The Balaban J connectivity index is 0.000000682. The summed E-state index contributed by atoms with van der Waals surface area (Å²) < 4.78 is 94.6. The number of aromatic hydroxyl groups is 1. The summed E-state index contributed by atoms with van der Waals surface area (Å²) in [6.07, 6.45) is -10.2. The molecule has 0 bridgehead atoms. The van der Waals surface area contributed by atoms with Gasteiger partial charge in [-0.2, -0.15) is 26.3 Å². The molecule has 1 unspecified atom stereocenters. The number of aliphatic carboxylic acids is 3. The number of sulfonamides is 1. The number of phenolic OH excluding ortho intramolecular Hbond substituents is 1. The van der Waals surface area contributed by atoms with Crippen LogP contribution in [-0.2, 0) is 43.6 Å². The number of aromatic nitrogens is 1. The summed E-state index contributed by atoms with van der Waals surface area (Å²) in [5.74, 6) is -10.3. The molecule has 0 saturated carbocycles. The molecule has 1 aromatic heterocycles. The van der Waals surface area contributed by atoms with E-state index in [1.165, 1.54) is 18.6 Å². The zero-order valence-electron chi connectivity index (χ0n) is 28.2. The average molecular weight is 884 g/mol. The number of anilines is 2. The van der Waals surface area contributed by atoms with E-state index < -0.39 is 87.5 Å². The van der Waals surface area contributed by atoms with Gasteiger partial charge in [-0.15, -0.1) is 23.1 Å². The van der Waals surface area contributed by atoms with Gasteiger partial charge in [0.2, 0.25) is 10.0 Å². The number of fused-ring (bicyclic) bond motifs is 1. The normalized spacial score (nSPS) is 16.7. The number of alkyl halides is 6. The van der Waals surface area contributed by atoms with Crippen LogP contribution in [0.3, 0.4) is 0 Å². The fourth-order valence-electron chi connectivity index (χ4n) is 4.05. The molecule has 2 aliphatic heterocycles. The van der Waals surface area contributed by atoms with Crippen LogP contribution in [0.2, 0.25) is 0 Å². The Bertz CT molecular complexity index is 2030. The van der Waals surface area contributed by atoms with Crippen LogP contribution >= 0.6 is 23.1 Å². The number of thioether (sulfide) groups is 1. The zero-order chi connectivity index (χ0) is 43.6. The van der Waals surface area contributed by atoms with E-state index in [4.69, 9.17) is 40.8 Å². The second kappa shape index (κ2) is 19.3. The Hall–Kier alpha value is -5.88. The van der Waals surface area contributed by atoms with Gasteiger partial charge in [-0.05, 0) is 18.2 Å². The van der Waals surface area contributed by atoms with Crippen LogP contribution in [0.4, 0.5) is 37.2 Å². The highest BCUT2D eigenvalue weighted by Gasteiger charge is 2.54. The summed E-state index contributed by atoms with van der Waals surface area (Å²) in [7, 11) is -2.58. The first-order valence-corrected chi connectivity index (χ1v) is 18.2. The highest BCUT2D eigenvalue weighted by atomic mass is 32.2. The number of phenols is 1. The highest BCUT2D eigenvalue weighted by Crippen LogP contribution is 2.40. The number of carboxylic acid groups (broad SMARTS) is 3. The summed E-state index contributed by atoms with van der Waals surface area (Å²) >= 11 is 2.21. The number of rotatable bonds is 12. The summed E-state index contributed by atoms with van der Waals surface area (Å²) in [4.78, 5) is 78.1. The number of carbonyl (C=O) groups excluding carboxylic acids is 3. The number of nitrogens with two attached hydrogens (primary N) is 2. The van der Waals surface area contributed by atoms with Gasteiger partial charge in [-0.25, -0.2) is 32.6 Å². The number of oxime groups is 1. The molecular formula is C27H27F6N7O14S3. The topological polar surface area (TPSA) is 341 Å². The van der Waals surface area contributed by atoms with Crippen LogP contribution in [-0.4, -0.2) is 136 Å². The van der Waals surface area contributed by atoms with E-state index in [1.54, 1.807) is 0 Å². The van der Waals surface area contributed by atoms with E-state index in [9.17, 15) is 64.2 Å². The lowest BCUT2D eigenvalue weighted by molar-refractivity contribution is -0.193. The van der Waals surface area contributed by atoms with E-state index in [0.29, 0.717) is 0 Å². The van der Waals surface area contributed by atoms with Crippen molar-refractivity contribution in [3.63, 3.8) is 0 Å². The number of nitrogens with one attached hydrogen (secondary N) is 2. The number of hydrogen-bond acceptors (Lipinski definition) is 17. The number of esters is 1. The van der Waals surface area contributed by atoms with E-state index in [1.807, 2.05) is 0 Å². The molecule has 1 aromatic carbocycles. The van der Waals surface area contributed by atoms with Gasteiger partial charge in [0, 0.05) is 23.3 Å². The zero-order valence-corrected chi connectivity index (χ0v) is 30.6. The standard InChI is InChI=1S/C23H25N7O10S3.2C2HF3O2/c1-39-28-15(13-9-42-23(25)26-13)18(32)27-16-19(33)30-17(21(34)35)11(8-41-20(16)30)7-40-22(36)10-2-3-12(14(31)6-10)29-43(37,38)5-4-24;2*3-2(4,5)1(6)7/h2-3,6,9,16,20,29,31H,4-5,7-8,24H2,1H3,(H2,25,26)(H,27,32)(H,34,35);2*(H,6,7)/t16?,20-;;/m0../s1. The van der Waals surface area contributed by atoms with Crippen LogP contribution < -0.4 is 21.5 Å². The third-order valence-electron chi connectivity index (χ3n) is 6.45. The minimum Gasteiger partial charge on any atom is -0.506 e. The number of hydrogen-bond donors (Lipinski definition) is 8. The van der Waals surface area contributed by atoms with Crippen LogP contribution in [0.15, 0.2) is 40.0 Å². The van der Waals surface area contributed by atoms with Crippen LogP contribution in [0.5, 0.6) is 5.75 Å². The molecule has 2 atom stereocenters. The van der Waals surface area contributed by atoms with Gasteiger partial charge in [0.15, 0.2) is 10.8 Å². The summed E-state index contributed by atoms with van der Waals surface area (Å²) in [6, 6.07) is 2.25. The van der Waals surface area contributed by atoms with Crippen molar-refractivity contribution in [3.05, 3.63) is 46.1 Å². The molecule has 3 heterocycles. The van der Waals surface area contributed by atoms with Gasteiger partial charge in [-0.1, -0.05) is 5.16 Å². The van der Waals surface area contributed by atoms with Crippen molar-refractivity contribution in [3.8, 4) is 5.75 Å². The SMILES string of the molecule is CON=C(C(=O)NC1C(=O)N2C(C(=O)O)=C(COC(=O)c3ccc(NS(=O)(=O)CCN)c(O)c3)CS[C@@H]12)c1csc(N)n1.O=C(O)C(F)(F)F.O=C(O)C(F)(F)F. The molecule has 0 aliphatic carbocycles. The monoisotopic (exact) mass is 883 g/mol. The number of nitrogen functional groups attached to an aromatic ring is 1. The van der Waals surface area contributed by atoms with Crippen molar-refractivity contribution in [2.75, 3.05) is 42.2 Å². The number of ether oxygens (including phenoxy) is 1. The van der Waals surface area contributed by atoms with E-state index >= 15 is 0 Å². The molecule has 10 N–H and O–H groups in total. The lowest BCUT2D eigenvalue weighted by Gasteiger charge is -2.49. The third kappa shape index (κ3) is 13.1. The Labute approximate surface area is 322 Å². The minimum atomic E-state index is -5.08. The van der Waals surface area contributed by atoms with E-state index in [2.05, 4.69) is 20.2 Å². The first-order valence-electron chi connectivity index (χ1n) is 14.6. The first-order chi connectivity index (χ1) is 26.2. The molecule has 314 valence electrons. The van der Waals surface area contributed by atoms with Crippen molar-refractivity contribution in [2.24, 2.45) is 10.9 Å². The van der Waals surface area contributed by atoms with Crippen LogP contribution in [0, 0.1) is 0 Å². The molecule has 30 heteroatoms. The van der Waals surface area contributed by atoms with Crippen molar-refractivity contribution in [1.29, 1.82) is 0 Å². The van der Waals surface area contributed by atoms with E-state index in [0.717, 1.165) is 40.1 Å². The fraction of sp³-hybridized carbons (Fsp3) is 0.333. The number of benzene rings is 1. The van der Waals surface area contributed by atoms with Gasteiger partial charge in [0.25, 0.3) is 11.8 Å². The van der Waals surface area contributed by atoms with Crippen molar-refractivity contribution < 1.29 is 93.5 Å². The first kappa shape index (κ1) is 47.3. The van der Waals surface area contributed by atoms with Crippen molar-refractivity contribution in [1.82, 2.24) is 15.2 Å². The quantitative estimate of drug-likeness (QED) is 0.0356. The molecular weight excluding hydrogens is 857 g/mol. The maximum atomic E-state index is 13.0. The summed E-state index contributed by atoms with van der Waals surface area (Å²) in [6.45, 7) is -0.637. The molecule has 4 rings (SSSR count). The number of amides is 2. The Kier molecular flexibility index (Phi) is 16.0. The van der Waals surface area contributed by atoms with Crippen molar-refractivity contribution in [2.45, 2.75) is 23.8 Å². The minimum absolute atomic E-state index is 0.0461. The molecule has 0 spiro atoms. The van der Waals surface area contributed by atoms with Gasteiger partial charge < -0.3 is 46.8 Å². The molecule has 1 saturated heterocycles. The Morgan fingerprint density at radius 2 is 1.65 bits per heavy atom. The number of thiazole rings is 1. The van der Waals surface area contributed by atoms with E-state index in [-0.39, 0.29) is 51.4 Å². The lowest BCUT2D eigenvalue weighted by atomic mass is 10.0. The molecule has 0 radical (unpaired) electrons. The summed E-state index contributed by atoms with van der Waals surface area (Å²) in [5, 5.41) is 41.4. The lowest BCUT2D eigenvalue weighted by Crippen LogP contribution is -2.71. The summed E-state index contributed by atoms with van der Waals surface area (Å²) in [5.41, 5.74) is 10.2. The van der Waals surface area contributed by atoms with Gasteiger partial charge >= 0.3 is 36.2 Å². The van der Waals surface area contributed by atoms with Gasteiger partial charge in [0.05, 0.1) is 17.0 Å². The molecule has 2 aliphatic rings. The molecule has 2 aromatic rings. The van der Waals surface area contributed by atoms with Crippen LogP contribution in [0.25, 0.3) is 0 Å². The molecule has 2 amide bonds. The predicted octanol–water partition coefficient (Wildman–Crippen LogP) is 0.344. The fourth-order valence-corrected chi connectivity index (χ4v) is 6.85. The third-order valence-corrected chi connectivity index (χ3v) is 9.76. The van der Waals surface area contributed by atoms with Crippen molar-refractivity contribution >= 4 is 85.3 Å². The second-order valence-corrected chi connectivity index (χ2v) is 14.3. The second-order valence-electron chi connectivity index (χ2n) is 10.4. The Morgan fingerprint density at radius 1 is 1.07 bits per heavy atom. The highest BCUT2D eigenvalue weighted by molar-refractivity contribution is 8.00. The number of carboxylic acids is 3. The molecule has 1 fully saturated rings. The largest absolute Gasteiger partial charge is 0.506 e. The molecule has 57 heavy (non-hydrogen) atoms.